The van der Waals surface area contributed by atoms with E-state index in [9.17, 15) is 0 Å². The summed E-state index contributed by atoms with van der Waals surface area (Å²) in [7, 11) is 0. The standard InChI is InChI=1S/C14H19Cl2N/c1-9-5-6-13(17)11(7-9)8-10-3-2-4-12(15)14(10)16/h2-4,9,11,13H,5-8,17H2,1H3. The van der Waals surface area contributed by atoms with Crippen molar-refractivity contribution in [1.29, 1.82) is 0 Å². The van der Waals surface area contributed by atoms with E-state index in [4.69, 9.17) is 28.9 Å². The largest absolute Gasteiger partial charge is 0.327 e. The lowest BCUT2D eigenvalue weighted by Crippen LogP contribution is -2.36. The van der Waals surface area contributed by atoms with Gasteiger partial charge in [-0.25, -0.2) is 0 Å². The summed E-state index contributed by atoms with van der Waals surface area (Å²) in [4.78, 5) is 0. The molecule has 94 valence electrons. The first-order valence-corrected chi connectivity index (χ1v) is 7.02. The van der Waals surface area contributed by atoms with Crippen molar-refractivity contribution >= 4 is 23.2 Å². The predicted octanol–water partition coefficient (Wildman–Crippen LogP) is 4.30. The maximum Gasteiger partial charge on any atom is 0.0624 e. The Hall–Kier alpha value is -0.240. The van der Waals surface area contributed by atoms with Crippen LogP contribution in [0.25, 0.3) is 0 Å². The van der Waals surface area contributed by atoms with Gasteiger partial charge in [0.1, 0.15) is 0 Å². The summed E-state index contributed by atoms with van der Waals surface area (Å²) in [6, 6.07) is 6.15. The Bertz CT molecular complexity index is 392. The van der Waals surface area contributed by atoms with E-state index in [2.05, 4.69) is 13.0 Å². The van der Waals surface area contributed by atoms with Crippen molar-refractivity contribution in [3.05, 3.63) is 33.8 Å². The monoisotopic (exact) mass is 271 g/mol. The molecule has 0 bridgehead atoms. The number of halogens is 2. The van der Waals surface area contributed by atoms with Gasteiger partial charge in [0.25, 0.3) is 0 Å². The van der Waals surface area contributed by atoms with E-state index < -0.39 is 0 Å². The van der Waals surface area contributed by atoms with E-state index in [0.29, 0.717) is 22.0 Å². The second kappa shape index (κ2) is 5.60. The average Bonchev–Trinajstić information content (AvgIpc) is 2.30. The van der Waals surface area contributed by atoms with E-state index in [1.807, 2.05) is 12.1 Å². The van der Waals surface area contributed by atoms with Crippen molar-refractivity contribution in [2.75, 3.05) is 0 Å². The van der Waals surface area contributed by atoms with Crippen LogP contribution in [0.2, 0.25) is 10.0 Å². The van der Waals surface area contributed by atoms with Crippen LogP contribution in [0.1, 0.15) is 31.7 Å². The summed E-state index contributed by atoms with van der Waals surface area (Å²) in [5.74, 6) is 1.31. The van der Waals surface area contributed by atoms with Crippen molar-refractivity contribution in [2.45, 2.75) is 38.6 Å². The SMILES string of the molecule is CC1CCC(N)C(Cc2cccc(Cl)c2Cl)C1. The fourth-order valence-corrected chi connectivity index (χ4v) is 3.14. The van der Waals surface area contributed by atoms with Crippen LogP contribution in [0.15, 0.2) is 18.2 Å². The number of hydrogen-bond acceptors (Lipinski definition) is 1. The van der Waals surface area contributed by atoms with E-state index in [1.165, 1.54) is 12.8 Å². The van der Waals surface area contributed by atoms with Gasteiger partial charge in [-0.3, -0.25) is 0 Å². The molecular weight excluding hydrogens is 253 g/mol. The van der Waals surface area contributed by atoms with Crippen LogP contribution >= 0.6 is 23.2 Å². The number of nitrogens with two attached hydrogens (primary N) is 1. The minimum Gasteiger partial charge on any atom is -0.327 e. The highest BCUT2D eigenvalue weighted by Gasteiger charge is 2.26. The second-order valence-corrected chi connectivity index (χ2v) is 6.04. The van der Waals surface area contributed by atoms with Gasteiger partial charge in [-0.1, -0.05) is 42.3 Å². The lowest BCUT2D eigenvalue weighted by Gasteiger charge is -2.32. The Balaban J connectivity index is 2.11. The molecule has 1 aliphatic rings. The molecule has 3 unspecified atom stereocenters. The van der Waals surface area contributed by atoms with Gasteiger partial charge in [-0.2, -0.15) is 0 Å². The molecule has 2 N–H and O–H groups in total. The van der Waals surface area contributed by atoms with E-state index in [0.717, 1.165) is 24.3 Å². The zero-order valence-electron chi connectivity index (χ0n) is 10.1. The Morgan fingerprint density at radius 2 is 2.06 bits per heavy atom. The smallest absolute Gasteiger partial charge is 0.0624 e. The lowest BCUT2D eigenvalue weighted by molar-refractivity contribution is 0.245. The van der Waals surface area contributed by atoms with E-state index >= 15 is 0 Å². The zero-order valence-corrected chi connectivity index (χ0v) is 11.6. The Morgan fingerprint density at radius 3 is 2.82 bits per heavy atom. The molecule has 17 heavy (non-hydrogen) atoms. The molecule has 3 heteroatoms. The summed E-state index contributed by atoms with van der Waals surface area (Å²) in [5.41, 5.74) is 7.33. The van der Waals surface area contributed by atoms with Gasteiger partial charge in [0.05, 0.1) is 10.0 Å². The van der Waals surface area contributed by atoms with Gasteiger partial charge in [-0.15, -0.1) is 0 Å². The predicted molar refractivity (Wildman–Crippen MR) is 74.6 cm³/mol. The molecule has 1 aromatic carbocycles. The van der Waals surface area contributed by atoms with Gasteiger partial charge in [-0.05, 0) is 49.1 Å². The number of benzene rings is 1. The van der Waals surface area contributed by atoms with Crippen LogP contribution in [-0.2, 0) is 6.42 Å². The highest BCUT2D eigenvalue weighted by molar-refractivity contribution is 6.42. The van der Waals surface area contributed by atoms with Crippen LogP contribution in [0, 0.1) is 11.8 Å². The summed E-state index contributed by atoms with van der Waals surface area (Å²) in [6.07, 6.45) is 4.53. The van der Waals surface area contributed by atoms with Crippen LogP contribution < -0.4 is 5.73 Å². The topological polar surface area (TPSA) is 26.0 Å². The van der Waals surface area contributed by atoms with Gasteiger partial charge >= 0.3 is 0 Å². The highest BCUT2D eigenvalue weighted by Crippen LogP contribution is 2.33. The number of hydrogen-bond donors (Lipinski definition) is 1. The maximum absolute atomic E-state index is 6.22. The molecule has 3 atom stereocenters. The maximum atomic E-state index is 6.22. The third-order valence-electron chi connectivity index (χ3n) is 3.82. The minimum atomic E-state index is 0.307. The van der Waals surface area contributed by atoms with Gasteiger partial charge in [0, 0.05) is 6.04 Å². The molecular formula is C14H19Cl2N. The fourth-order valence-electron chi connectivity index (χ4n) is 2.75. The molecule has 0 radical (unpaired) electrons. The van der Waals surface area contributed by atoms with Crippen LogP contribution in [0.4, 0.5) is 0 Å². The summed E-state index contributed by atoms with van der Waals surface area (Å²) < 4.78 is 0. The molecule has 2 rings (SSSR count). The normalized spacial score (nSPS) is 29.3. The third-order valence-corrected chi connectivity index (χ3v) is 4.68. The van der Waals surface area contributed by atoms with Crippen LogP contribution in [0.5, 0.6) is 0 Å². The first-order valence-electron chi connectivity index (χ1n) is 6.26. The Kier molecular flexibility index (Phi) is 4.35. The van der Waals surface area contributed by atoms with Gasteiger partial charge < -0.3 is 5.73 Å². The molecule has 0 spiro atoms. The zero-order chi connectivity index (χ0) is 12.4. The van der Waals surface area contributed by atoms with Crippen LogP contribution in [-0.4, -0.2) is 6.04 Å². The molecule has 1 fully saturated rings. The Morgan fingerprint density at radius 1 is 1.29 bits per heavy atom. The van der Waals surface area contributed by atoms with Crippen molar-refractivity contribution in [2.24, 2.45) is 17.6 Å². The highest BCUT2D eigenvalue weighted by atomic mass is 35.5. The Labute approximate surface area is 113 Å². The molecule has 0 heterocycles. The van der Waals surface area contributed by atoms with E-state index in [1.54, 1.807) is 0 Å². The fraction of sp³-hybridized carbons (Fsp3) is 0.571. The molecule has 1 saturated carbocycles. The van der Waals surface area contributed by atoms with Crippen molar-refractivity contribution in [3.8, 4) is 0 Å². The van der Waals surface area contributed by atoms with E-state index in [-0.39, 0.29) is 0 Å². The molecule has 0 aliphatic heterocycles. The van der Waals surface area contributed by atoms with Gasteiger partial charge in [0.15, 0.2) is 0 Å². The van der Waals surface area contributed by atoms with Crippen molar-refractivity contribution < 1.29 is 0 Å². The molecule has 0 amide bonds. The molecule has 1 aliphatic carbocycles. The van der Waals surface area contributed by atoms with Crippen molar-refractivity contribution in [1.82, 2.24) is 0 Å². The first kappa shape index (κ1) is 13.2. The third kappa shape index (κ3) is 3.15. The first-order chi connectivity index (χ1) is 8.08. The van der Waals surface area contributed by atoms with Crippen molar-refractivity contribution in [3.63, 3.8) is 0 Å². The lowest BCUT2D eigenvalue weighted by atomic mass is 9.76. The average molecular weight is 272 g/mol. The molecule has 1 nitrogen and oxygen atoms in total. The number of rotatable bonds is 2. The second-order valence-electron chi connectivity index (χ2n) is 5.26. The minimum absolute atomic E-state index is 0.307. The summed E-state index contributed by atoms with van der Waals surface area (Å²) in [5, 5.41) is 1.33. The quantitative estimate of drug-likeness (QED) is 0.853. The molecule has 0 aromatic heterocycles. The van der Waals surface area contributed by atoms with Crippen LogP contribution in [0.3, 0.4) is 0 Å². The molecule has 1 aromatic rings. The summed E-state index contributed by atoms with van der Waals surface area (Å²) in [6.45, 7) is 2.30. The molecule has 0 saturated heterocycles. The van der Waals surface area contributed by atoms with Gasteiger partial charge in [0.2, 0.25) is 0 Å². The summed E-state index contributed by atoms with van der Waals surface area (Å²) >= 11 is 12.3.